The summed E-state index contributed by atoms with van der Waals surface area (Å²) in [5, 5.41) is 5.68. The van der Waals surface area contributed by atoms with Gasteiger partial charge in [0.25, 0.3) is 0 Å². The molecule has 0 saturated heterocycles. The van der Waals surface area contributed by atoms with Crippen LogP contribution in [-0.4, -0.2) is 25.3 Å². The number of hydrogen-bond acceptors (Lipinski definition) is 4. The second kappa shape index (κ2) is 12.7. The Morgan fingerprint density at radius 3 is 2.19 bits per heavy atom. The highest BCUT2D eigenvalue weighted by Gasteiger charge is 2.22. The Morgan fingerprint density at radius 1 is 0.906 bits per heavy atom. The highest BCUT2D eigenvalue weighted by molar-refractivity contribution is 5.67. The second-order valence-corrected chi connectivity index (χ2v) is 9.05. The fourth-order valence-electron chi connectivity index (χ4n) is 3.65. The number of rotatable bonds is 11. The molecule has 174 valence electrons. The van der Waals surface area contributed by atoms with E-state index in [0.29, 0.717) is 13.1 Å². The van der Waals surface area contributed by atoms with Crippen molar-refractivity contribution in [3.05, 3.63) is 71.8 Å². The van der Waals surface area contributed by atoms with Crippen LogP contribution in [-0.2, 0) is 16.1 Å². The highest BCUT2D eigenvalue weighted by Crippen LogP contribution is 2.28. The lowest BCUT2D eigenvalue weighted by Gasteiger charge is -2.28. The molecule has 2 unspecified atom stereocenters. The molecule has 0 fully saturated rings. The van der Waals surface area contributed by atoms with Gasteiger partial charge in [-0.05, 0) is 42.2 Å². The summed E-state index contributed by atoms with van der Waals surface area (Å²) in [6.07, 6.45) is 0.606. The van der Waals surface area contributed by atoms with Crippen LogP contribution in [0.5, 0.6) is 0 Å². The molecule has 0 aromatic heterocycles. The lowest BCUT2D eigenvalue weighted by Crippen LogP contribution is -2.33. The van der Waals surface area contributed by atoms with Crippen molar-refractivity contribution in [1.82, 2.24) is 10.6 Å². The Labute approximate surface area is 191 Å². The lowest BCUT2D eigenvalue weighted by molar-refractivity contribution is 0.105. The van der Waals surface area contributed by atoms with Gasteiger partial charge in [-0.1, -0.05) is 81.4 Å². The molecule has 0 aliphatic heterocycles. The number of nitrogens with one attached hydrogen (secondary N) is 2. The van der Waals surface area contributed by atoms with E-state index in [-0.39, 0.29) is 24.0 Å². The van der Waals surface area contributed by atoms with Gasteiger partial charge in [-0.15, -0.1) is 0 Å². The molecule has 2 aromatic rings. The van der Waals surface area contributed by atoms with E-state index >= 15 is 0 Å². The minimum atomic E-state index is -0.408. The molecule has 2 N–H and O–H groups in total. The van der Waals surface area contributed by atoms with Crippen molar-refractivity contribution < 1.29 is 19.1 Å². The van der Waals surface area contributed by atoms with Gasteiger partial charge in [0, 0.05) is 13.1 Å². The number of carbonyl (C=O) groups excluding carboxylic acids is 2. The van der Waals surface area contributed by atoms with Crippen molar-refractivity contribution >= 4 is 12.2 Å². The number of alkyl carbamates (subject to hydrolysis) is 2. The summed E-state index contributed by atoms with van der Waals surface area (Å²) < 4.78 is 10.7. The Bertz CT molecular complexity index is 824. The molecule has 0 saturated carbocycles. The third-order valence-corrected chi connectivity index (χ3v) is 5.33. The van der Waals surface area contributed by atoms with Gasteiger partial charge in [-0.25, -0.2) is 9.59 Å². The summed E-state index contributed by atoms with van der Waals surface area (Å²) in [6, 6.07) is 19.3. The van der Waals surface area contributed by atoms with Crippen LogP contribution in [0.1, 0.15) is 57.8 Å². The topological polar surface area (TPSA) is 76.7 Å². The molecule has 2 aromatic carbocycles. The molecular formula is C26H36N2O4. The Kier molecular flexibility index (Phi) is 10.1. The standard InChI is InChI=1S/C26H36N2O4/c1-20(18-28-25(30)32-21(2)23-13-9-6-10-14-23)17-26(3,4)15-16-27-24(29)31-19-22-11-7-5-8-12-22/h5-14,20-21H,15-19H2,1-4H3,(H,27,29)(H,28,30). The zero-order valence-electron chi connectivity index (χ0n) is 19.6. The van der Waals surface area contributed by atoms with Crippen LogP contribution < -0.4 is 10.6 Å². The first-order valence-electron chi connectivity index (χ1n) is 11.2. The van der Waals surface area contributed by atoms with E-state index in [1.54, 1.807) is 0 Å². The summed E-state index contributed by atoms with van der Waals surface area (Å²) in [5.74, 6) is 0.273. The minimum Gasteiger partial charge on any atom is -0.445 e. The summed E-state index contributed by atoms with van der Waals surface area (Å²) >= 11 is 0. The van der Waals surface area contributed by atoms with Gasteiger partial charge in [0.15, 0.2) is 0 Å². The molecule has 0 aliphatic carbocycles. The molecule has 2 amide bonds. The molecule has 32 heavy (non-hydrogen) atoms. The van der Waals surface area contributed by atoms with E-state index in [1.165, 1.54) is 0 Å². The first kappa shape index (κ1) is 25.2. The van der Waals surface area contributed by atoms with E-state index in [4.69, 9.17) is 9.47 Å². The van der Waals surface area contributed by atoms with Gasteiger partial charge in [0.1, 0.15) is 12.7 Å². The van der Waals surface area contributed by atoms with Gasteiger partial charge < -0.3 is 20.1 Å². The molecule has 0 spiro atoms. The van der Waals surface area contributed by atoms with Crippen LogP contribution in [0.2, 0.25) is 0 Å². The zero-order chi connectivity index (χ0) is 23.4. The maximum Gasteiger partial charge on any atom is 0.407 e. The van der Waals surface area contributed by atoms with Crippen molar-refractivity contribution in [1.29, 1.82) is 0 Å². The molecular weight excluding hydrogens is 404 g/mol. The second-order valence-electron chi connectivity index (χ2n) is 9.05. The predicted octanol–water partition coefficient (Wildman–Crippen LogP) is 5.84. The molecule has 6 nitrogen and oxygen atoms in total. The van der Waals surface area contributed by atoms with Crippen molar-refractivity contribution in [2.45, 2.75) is 53.2 Å². The number of hydrogen-bond donors (Lipinski definition) is 2. The monoisotopic (exact) mass is 440 g/mol. The largest absolute Gasteiger partial charge is 0.445 e. The molecule has 6 heteroatoms. The molecule has 2 rings (SSSR count). The third-order valence-electron chi connectivity index (χ3n) is 5.33. The van der Waals surface area contributed by atoms with Crippen LogP contribution in [0.4, 0.5) is 9.59 Å². The van der Waals surface area contributed by atoms with Gasteiger partial charge in [-0.2, -0.15) is 0 Å². The van der Waals surface area contributed by atoms with Gasteiger partial charge in [0.05, 0.1) is 0 Å². The number of carbonyl (C=O) groups is 2. The van der Waals surface area contributed by atoms with Crippen LogP contribution in [0, 0.1) is 11.3 Å². The normalized spacial score (nSPS) is 13.0. The first-order valence-corrected chi connectivity index (χ1v) is 11.2. The molecule has 0 bridgehead atoms. The van der Waals surface area contributed by atoms with Gasteiger partial charge in [-0.3, -0.25) is 0 Å². The summed E-state index contributed by atoms with van der Waals surface area (Å²) in [4.78, 5) is 24.0. The highest BCUT2D eigenvalue weighted by atomic mass is 16.6. The Morgan fingerprint density at radius 2 is 1.53 bits per heavy atom. The average molecular weight is 441 g/mol. The van der Waals surface area contributed by atoms with Crippen molar-refractivity contribution in [2.75, 3.05) is 13.1 Å². The summed E-state index contributed by atoms with van der Waals surface area (Å²) in [7, 11) is 0. The van der Waals surface area contributed by atoms with E-state index in [0.717, 1.165) is 24.0 Å². The van der Waals surface area contributed by atoms with Gasteiger partial charge in [0.2, 0.25) is 0 Å². The molecule has 0 aliphatic rings. The van der Waals surface area contributed by atoms with Crippen molar-refractivity contribution in [2.24, 2.45) is 11.3 Å². The molecule has 0 heterocycles. The smallest absolute Gasteiger partial charge is 0.407 e. The Balaban J connectivity index is 1.62. The third kappa shape index (κ3) is 9.86. The van der Waals surface area contributed by atoms with Crippen LogP contribution in [0.15, 0.2) is 60.7 Å². The van der Waals surface area contributed by atoms with E-state index < -0.39 is 12.2 Å². The zero-order valence-corrected chi connectivity index (χ0v) is 19.6. The Hall–Kier alpha value is -3.02. The number of benzene rings is 2. The van der Waals surface area contributed by atoms with Crippen molar-refractivity contribution in [3.63, 3.8) is 0 Å². The first-order chi connectivity index (χ1) is 15.2. The fourth-order valence-corrected chi connectivity index (χ4v) is 3.65. The van der Waals surface area contributed by atoms with E-state index in [2.05, 4.69) is 31.4 Å². The van der Waals surface area contributed by atoms with E-state index in [9.17, 15) is 9.59 Å². The molecule has 2 atom stereocenters. The maximum atomic E-state index is 12.1. The quantitative estimate of drug-likeness (QED) is 0.460. The number of amides is 2. The average Bonchev–Trinajstić information content (AvgIpc) is 2.77. The predicted molar refractivity (Wildman–Crippen MR) is 126 cm³/mol. The van der Waals surface area contributed by atoms with Crippen LogP contribution in [0.25, 0.3) is 0 Å². The SMILES string of the molecule is CC(CNC(=O)OC(C)c1ccccc1)CC(C)(C)CCNC(=O)OCc1ccccc1. The van der Waals surface area contributed by atoms with Crippen molar-refractivity contribution in [3.8, 4) is 0 Å². The number of ether oxygens (including phenoxy) is 2. The summed E-state index contributed by atoms with van der Waals surface area (Å²) in [6.45, 7) is 9.63. The van der Waals surface area contributed by atoms with Crippen LogP contribution in [0.3, 0.4) is 0 Å². The molecule has 0 radical (unpaired) electrons. The minimum absolute atomic E-state index is 0.00897. The summed E-state index contributed by atoms with van der Waals surface area (Å²) in [5.41, 5.74) is 1.93. The van der Waals surface area contributed by atoms with E-state index in [1.807, 2.05) is 67.6 Å². The van der Waals surface area contributed by atoms with Crippen LogP contribution >= 0.6 is 0 Å². The van der Waals surface area contributed by atoms with Gasteiger partial charge >= 0.3 is 12.2 Å². The lowest BCUT2D eigenvalue weighted by atomic mass is 9.80. The maximum absolute atomic E-state index is 12.1. The fraction of sp³-hybridized carbons (Fsp3) is 0.462.